The van der Waals surface area contributed by atoms with Crippen LogP contribution in [-0.4, -0.2) is 37.1 Å². The van der Waals surface area contributed by atoms with Crippen LogP contribution in [0.25, 0.3) is 0 Å². The molecule has 9 nitrogen and oxygen atoms in total. The summed E-state index contributed by atoms with van der Waals surface area (Å²) >= 11 is 0. The molecular weight excluding hydrogens is 413 g/mol. The lowest BCUT2D eigenvalue weighted by atomic mass is 10.1. The first kappa shape index (κ1) is 22.5. The van der Waals surface area contributed by atoms with Gasteiger partial charge in [-0.15, -0.1) is 0 Å². The fourth-order valence-electron chi connectivity index (χ4n) is 2.33. The van der Waals surface area contributed by atoms with Gasteiger partial charge in [0.1, 0.15) is 19.0 Å². The van der Waals surface area contributed by atoms with Gasteiger partial charge in [0.05, 0.1) is 29.2 Å². The maximum Gasteiger partial charge on any atom is 0.387 e. The van der Waals surface area contributed by atoms with Gasteiger partial charge in [0, 0.05) is 0 Å². The number of nitro groups is 1. The van der Waals surface area contributed by atoms with Crippen LogP contribution in [0.5, 0.6) is 11.5 Å². The van der Waals surface area contributed by atoms with E-state index in [4.69, 9.17) is 9.47 Å². The first-order chi connectivity index (χ1) is 14.2. The number of hydrogen-bond donors (Lipinski definition) is 1. The van der Waals surface area contributed by atoms with Crippen molar-refractivity contribution in [2.75, 3.05) is 13.7 Å². The standard InChI is InChI=1S/C18H15F3N2O7/c1-28-14-6-10(13(23(26)27)7-15(14)30-18(20)21)9-29-16(24)8-22-17(25)11-4-2-3-5-12(11)19/h2-7,18H,8-9H2,1H3,(H,22,25). The molecule has 30 heavy (non-hydrogen) atoms. The van der Waals surface area contributed by atoms with Crippen LogP contribution in [-0.2, 0) is 16.1 Å². The topological polar surface area (TPSA) is 117 Å². The van der Waals surface area contributed by atoms with Crippen LogP contribution in [0.4, 0.5) is 18.9 Å². The number of esters is 1. The predicted octanol–water partition coefficient (Wildman–Crippen LogP) is 2.82. The molecule has 2 aromatic rings. The van der Waals surface area contributed by atoms with Crippen molar-refractivity contribution < 1.29 is 41.9 Å². The number of nitrogens with zero attached hydrogens (tertiary/aromatic N) is 1. The van der Waals surface area contributed by atoms with Crippen molar-refractivity contribution in [2.45, 2.75) is 13.2 Å². The Bertz CT molecular complexity index is 953. The second-order valence-corrected chi connectivity index (χ2v) is 5.59. The molecule has 0 saturated carbocycles. The van der Waals surface area contributed by atoms with Crippen molar-refractivity contribution in [3.63, 3.8) is 0 Å². The van der Waals surface area contributed by atoms with Crippen molar-refractivity contribution in [2.24, 2.45) is 0 Å². The van der Waals surface area contributed by atoms with E-state index in [9.17, 15) is 32.9 Å². The summed E-state index contributed by atoms with van der Waals surface area (Å²) in [7, 11) is 1.13. The summed E-state index contributed by atoms with van der Waals surface area (Å²) in [5.41, 5.74) is -1.08. The zero-order chi connectivity index (χ0) is 22.3. The first-order valence-corrected chi connectivity index (χ1v) is 8.21. The number of alkyl halides is 2. The average Bonchev–Trinajstić information content (AvgIpc) is 2.70. The summed E-state index contributed by atoms with van der Waals surface area (Å²) < 4.78 is 52.3. The molecule has 12 heteroatoms. The van der Waals surface area contributed by atoms with Crippen LogP contribution in [0.1, 0.15) is 15.9 Å². The number of carbonyl (C=O) groups is 2. The number of hydrogen-bond acceptors (Lipinski definition) is 7. The molecule has 0 heterocycles. The first-order valence-electron chi connectivity index (χ1n) is 8.21. The smallest absolute Gasteiger partial charge is 0.387 e. The SMILES string of the molecule is COc1cc(COC(=O)CNC(=O)c2ccccc2F)c([N+](=O)[O-])cc1OC(F)F. The molecule has 160 valence electrons. The van der Waals surface area contributed by atoms with E-state index in [1.165, 1.54) is 18.2 Å². The lowest BCUT2D eigenvalue weighted by Gasteiger charge is -2.12. The van der Waals surface area contributed by atoms with Crippen LogP contribution in [0, 0.1) is 15.9 Å². The minimum atomic E-state index is -3.24. The highest BCUT2D eigenvalue weighted by molar-refractivity contribution is 5.96. The second-order valence-electron chi connectivity index (χ2n) is 5.59. The third kappa shape index (κ3) is 5.83. The molecule has 2 aromatic carbocycles. The van der Waals surface area contributed by atoms with Crippen molar-refractivity contribution in [1.29, 1.82) is 0 Å². The highest BCUT2D eigenvalue weighted by Crippen LogP contribution is 2.36. The van der Waals surface area contributed by atoms with Crippen molar-refractivity contribution in [3.05, 3.63) is 63.5 Å². The van der Waals surface area contributed by atoms with E-state index in [2.05, 4.69) is 10.1 Å². The molecule has 0 aliphatic heterocycles. The minimum absolute atomic E-state index is 0.160. The lowest BCUT2D eigenvalue weighted by molar-refractivity contribution is -0.386. The molecule has 0 fully saturated rings. The molecule has 0 radical (unpaired) electrons. The van der Waals surface area contributed by atoms with Gasteiger partial charge in [-0.2, -0.15) is 8.78 Å². The van der Waals surface area contributed by atoms with Crippen molar-refractivity contribution in [3.8, 4) is 11.5 Å². The van der Waals surface area contributed by atoms with Crippen LogP contribution in [0.2, 0.25) is 0 Å². The average molecular weight is 428 g/mol. The molecular formula is C18H15F3N2O7. The van der Waals surface area contributed by atoms with Gasteiger partial charge in [-0.25, -0.2) is 4.39 Å². The highest BCUT2D eigenvalue weighted by atomic mass is 19.3. The Morgan fingerprint density at radius 3 is 2.50 bits per heavy atom. The maximum absolute atomic E-state index is 13.5. The zero-order valence-corrected chi connectivity index (χ0v) is 15.4. The van der Waals surface area contributed by atoms with Crippen LogP contribution in [0.3, 0.4) is 0 Å². The van der Waals surface area contributed by atoms with Gasteiger partial charge in [-0.05, 0) is 18.2 Å². The van der Waals surface area contributed by atoms with Crippen molar-refractivity contribution >= 4 is 17.6 Å². The van der Waals surface area contributed by atoms with Crippen LogP contribution in [0.15, 0.2) is 36.4 Å². The van der Waals surface area contributed by atoms with Gasteiger partial charge in [0.15, 0.2) is 11.5 Å². The summed E-state index contributed by atoms with van der Waals surface area (Å²) in [6, 6.07) is 6.84. The normalized spacial score (nSPS) is 10.4. The molecule has 0 bridgehead atoms. The third-order valence-electron chi connectivity index (χ3n) is 3.68. The third-order valence-corrected chi connectivity index (χ3v) is 3.68. The fourth-order valence-corrected chi connectivity index (χ4v) is 2.33. The molecule has 2 rings (SSSR count). The molecule has 0 aliphatic rings. The molecule has 0 atom stereocenters. The highest BCUT2D eigenvalue weighted by Gasteiger charge is 2.23. The van der Waals surface area contributed by atoms with Crippen LogP contribution < -0.4 is 14.8 Å². The molecule has 0 aliphatic carbocycles. The number of nitro benzene ring substituents is 1. The van der Waals surface area contributed by atoms with Crippen LogP contribution >= 0.6 is 0 Å². The predicted molar refractivity (Wildman–Crippen MR) is 94.8 cm³/mol. The summed E-state index contributed by atoms with van der Waals surface area (Å²) in [4.78, 5) is 34.0. The lowest BCUT2D eigenvalue weighted by Crippen LogP contribution is -2.31. The van der Waals surface area contributed by atoms with Gasteiger partial charge in [-0.3, -0.25) is 19.7 Å². The number of rotatable bonds is 9. The fraction of sp³-hybridized carbons (Fsp3) is 0.222. The molecule has 0 saturated heterocycles. The largest absolute Gasteiger partial charge is 0.493 e. The zero-order valence-electron chi connectivity index (χ0n) is 15.4. The Morgan fingerprint density at radius 2 is 1.90 bits per heavy atom. The molecule has 0 unspecified atom stereocenters. The van der Waals surface area contributed by atoms with E-state index in [-0.39, 0.29) is 16.9 Å². The second kappa shape index (κ2) is 10.1. The number of amides is 1. The van der Waals surface area contributed by atoms with E-state index in [1.54, 1.807) is 0 Å². The number of benzene rings is 2. The number of nitrogens with one attached hydrogen (secondary N) is 1. The molecule has 0 aromatic heterocycles. The van der Waals surface area contributed by atoms with Gasteiger partial charge < -0.3 is 19.5 Å². The summed E-state index contributed by atoms with van der Waals surface area (Å²) in [5, 5.41) is 13.3. The molecule has 1 amide bonds. The Labute approximate surface area is 167 Å². The molecule has 0 spiro atoms. The maximum atomic E-state index is 13.5. The Hall–Kier alpha value is -3.83. The Balaban J connectivity index is 2.05. The summed E-state index contributed by atoms with van der Waals surface area (Å²) in [6.45, 7) is -4.49. The number of carbonyl (C=O) groups excluding carboxylic acids is 2. The van der Waals surface area contributed by atoms with E-state index in [0.717, 1.165) is 19.2 Å². The van der Waals surface area contributed by atoms with E-state index >= 15 is 0 Å². The quantitative estimate of drug-likeness (QED) is 0.371. The van der Waals surface area contributed by atoms with E-state index in [0.29, 0.717) is 6.07 Å². The van der Waals surface area contributed by atoms with Gasteiger partial charge in [0.2, 0.25) is 0 Å². The summed E-state index contributed by atoms with van der Waals surface area (Å²) in [5.74, 6) is -3.41. The van der Waals surface area contributed by atoms with Gasteiger partial charge in [-0.1, -0.05) is 12.1 Å². The van der Waals surface area contributed by atoms with E-state index < -0.39 is 53.8 Å². The molecule has 1 N–H and O–H groups in total. The van der Waals surface area contributed by atoms with E-state index in [1.807, 2.05) is 0 Å². The monoisotopic (exact) mass is 428 g/mol. The Kier molecular flexibility index (Phi) is 7.56. The van der Waals surface area contributed by atoms with Crippen molar-refractivity contribution in [1.82, 2.24) is 5.32 Å². The summed E-state index contributed by atoms with van der Waals surface area (Å²) in [6.07, 6.45) is 0. The number of halogens is 3. The van der Waals surface area contributed by atoms with Gasteiger partial charge in [0.25, 0.3) is 11.6 Å². The minimum Gasteiger partial charge on any atom is -0.493 e. The Morgan fingerprint density at radius 1 is 1.20 bits per heavy atom. The van der Waals surface area contributed by atoms with Gasteiger partial charge >= 0.3 is 12.6 Å². The number of ether oxygens (including phenoxy) is 3. The number of methoxy groups -OCH3 is 1.